The number of rotatable bonds is 2. The summed E-state index contributed by atoms with van der Waals surface area (Å²) in [6, 6.07) is 0. The molecule has 0 spiro atoms. The van der Waals surface area contributed by atoms with Crippen LogP contribution in [0.5, 0.6) is 0 Å². The Balaban J connectivity index is 2.31. The van der Waals surface area contributed by atoms with Crippen molar-refractivity contribution in [3.8, 4) is 0 Å². The van der Waals surface area contributed by atoms with E-state index >= 15 is 0 Å². The highest BCUT2D eigenvalue weighted by atomic mass is 32.1. The minimum atomic E-state index is 1.08. The summed E-state index contributed by atoms with van der Waals surface area (Å²) in [5, 5.41) is 2.72. The van der Waals surface area contributed by atoms with E-state index < -0.39 is 0 Å². The monoisotopic (exact) mass is 182 g/mol. The number of anilines is 1. The Bertz CT molecular complexity index is 280. The molecular formula is C9H14N2S. The van der Waals surface area contributed by atoms with Gasteiger partial charge >= 0.3 is 0 Å². The summed E-state index contributed by atoms with van der Waals surface area (Å²) in [6.07, 6.45) is 2.23. The number of nitrogens with zero attached hydrogens (tertiary/aromatic N) is 2. The predicted octanol–water partition coefficient (Wildman–Crippen LogP) is 2.09. The number of likely N-dealkylation sites (N-methyl/N-ethyl adjacent to an activating group) is 1. The van der Waals surface area contributed by atoms with Gasteiger partial charge in [-0.05, 0) is 13.3 Å². The maximum absolute atomic E-state index is 4.58. The molecule has 2 heterocycles. The minimum Gasteiger partial charge on any atom is -0.362 e. The molecule has 0 fully saturated rings. The molecule has 1 aromatic heterocycles. The average molecular weight is 182 g/mol. The van der Waals surface area contributed by atoms with Gasteiger partial charge in [0.1, 0.15) is 5.00 Å². The van der Waals surface area contributed by atoms with Crippen LogP contribution in [0.4, 0.5) is 5.00 Å². The quantitative estimate of drug-likeness (QED) is 0.696. The zero-order valence-electron chi connectivity index (χ0n) is 7.63. The van der Waals surface area contributed by atoms with Gasteiger partial charge in [-0.3, -0.25) is 0 Å². The summed E-state index contributed by atoms with van der Waals surface area (Å²) in [5.74, 6) is 0. The van der Waals surface area contributed by atoms with Crippen LogP contribution in [0, 0.1) is 0 Å². The van der Waals surface area contributed by atoms with Crippen molar-refractivity contribution in [1.82, 2.24) is 4.98 Å². The molecule has 0 aromatic carbocycles. The first kappa shape index (κ1) is 8.05. The van der Waals surface area contributed by atoms with Crippen LogP contribution in [0.3, 0.4) is 0 Å². The van der Waals surface area contributed by atoms with Crippen molar-refractivity contribution < 1.29 is 0 Å². The predicted molar refractivity (Wildman–Crippen MR) is 53.1 cm³/mol. The van der Waals surface area contributed by atoms with Gasteiger partial charge in [0.05, 0.1) is 10.7 Å². The Hall–Kier alpha value is -0.570. The fourth-order valence-electron chi connectivity index (χ4n) is 1.60. The highest BCUT2D eigenvalue weighted by molar-refractivity contribution is 7.16. The lowest BCUT2D eigenvalue weighted by molar-refractivity contribution is 0.863. The van der Waals surface area contributed by atoms with Crippen LogP contribution in [0.2, 0.25) is 0 Å². The van der Waals surface area contributed by atoms with Gasteiger partial charge in [-0.15, -0.1) is 11.3 Å². The molecule has 0 aliphatic carbocycles. The second kappa shape index (κ2) is 3.05. The molecule has 1 aliphatic heterocycles. The zero-order chi connectivity index (χ0) is 8.55. The van der Waals surface area contributed by atoms with Gasteiger partial charge in [-0.25, -0.2) is 4.98 Å². The maximum Gasteiger partial charge on any atom is 0.115 e. The molecule has 1 aromatic rings. The Morgan fingerprint density at radius 3 is 3.00 bits per heavy atom. The Labute approximate surface area is 77.2 Å². The van der Waals surface area contributed by atoms with Crippen LogP contribution in [0.25, 0.3) is 0 Å². The second-order valence-electron chi connectivity index (χ2n) is 3.04. The maximum atomic E-state index is 4.58. The summed E-state index contributed by atoms with van der Waals surface area (Å²) in [6.45, 7) is 6.68. The third-order valence-corrected chi connectivity index (χ3v) is 3.61. The average Bonchev–Trinajstić information content (AvgIpc) is 2.61. The van der Waals surface area contributed by atoms with E-state index in [0.29, 0.717) is 0 Å². The van der Waals surface area contributed by atoms with E-state index in [2.05, 4.69) is 23.7 Å². The van der Waals surface area contributed by atoms with Crippen LogP contribution in [-0.2, 0) is 12.8 Å². The summed E-state index contributed by atoms with van der Waals surface area (Å²) in [4.78, 5) is 7.01. The molecule has 66 valence electrons. The van der Waals surface area contributed by atoms with Gasteiger partial charge in [0.25, 0.3) is 0 Å². The largest absolute Gasteiger partial charge is 0.362 e. The normalized spacial score (nSPS) is 15.3. The number of thiazole rings is 1. The van der Waals surface area contributed by atoms with E-state index in [1.165, 1.54) is 22.2 Å². The standard InChI is InChI=1S/C9H14N2S/c1-3-8-10-7-5-6-11(4-2)9(7)12-8/h3-6H2,1-2H3. The van der Waals surface area contributed by atoms with Gasteiger partial charge in [0, 0.05) is 19.5 Å². The van der Waals surface area contributed by atoms with E-state index in [1.54, 1.807) is 0 Å². The number of aromatic nitrogens is 1. The Morgan fingerprint density at radius 2 is 2.33 bits per heavy atom. The molecule has 2 nitrogen and oxygen atoms in total. The molecule has 12 heavy (non-hydrogen) atoms. The van der Waals surface area contributed by atoms with Crippen molar-refractivity contribution in [1.29, 1.82) is 0 Å². The second-order valence-corrected chi connectivity index (χ2v) is 4.10. The topological polar surface area (TPSA) is 16.1 Å². The molecule has 0 radical (unpaired) electrons. The van der Waals surface area contributed by atoms with Crippen LogP contribution >= 0.6 is 11.3 Å². The van der Waals surface area contributed by atoms with Crippen molar-refractivity contribution in [3.05, 3.63) is 10.7 Å². The zero-order valence-corrected chi connectivity index (χ0v) is 8.45. The Morgan fingerprint density at radius 1 is 1.50 bits per heavy atom. The van der Waals surface area contributed by atoms with Crippen LogP contribution in [0.15, 0.2) is 0 Å². The van der Waals surface area contributed by atoms with Crippen molar-refractivity contribution >= 4 is 16.3 Å². The molecule has 0 saturated heterocycles. The van der Waals surface area contributed by atoms with Gasteiger partial charge < -0.3 is 4.90 Å². The van der Waals surface area contributed by atoms with Gasteiger partial charge in [0.2, 0.25) is 0 Å². The summed E-state index contributed by atoms with van der Waals surface area (Å²) < 4.78 is 0. The lowest BCUT2D eigenvalue weighted by atomic mass is 10.4. The minimum absolute atomic E-state index is 1.08. The van der Waals surface area contributed by atoms with Crippen LogP contribution in [0.1, 0.15) is 24.5 Å². The third kappa shape index (κ3) is 1.12. The SMILES string of the molecule is CCc1nc2c(s1)N(CC)CC2. The fraction of sp³-hybridized carbons (Fsp3) is 0.667. The molecule has 0 atom stereocenters. The summed E-state index contributed by atoms with van der Waals surface area (Å²) in [5.41, 5.74) is 1.33. The van der Waals surface area contributed by atoms with Crippen molar-refractivity contribution in [2.75, 3.05) is 18.0 Å². The van der Waals surface area contributed by atoms with E-state index in [1.807, 2.05) is 11.3 Å². The Kier molecular flexibility index (Phi) is 2.05. The molecule has 3 heteroatoms. The first-order valence-electron chi connectivity index (χ1n) is 4.58. The highest BCUT2D eigenvalue weighted by Gasteiger charge is 2.21. The molecule has 0 N–H and O–H groups in total. The van der Waals surface area contributed by atoms with Crippen molar-refractivity contribution in [2.45, 2.75) is 26.7 Å². The third-order valence-electron chi connectivity index (χ3n) is 2.31. The lowest BCUT2D eigenvalue weighted by Crippen LogP contribution is -2.18. The van der Waals surface area contributed by atoms with Gasteiger partial charge in [-0.2, -0.15) is 0 Å². The molecule has 1 aliphatic rings. The van der Waals surface area contributed by atoms with Crippen molar-refractivity contribution in [2.24, 2.45) is 0 Å². The molecule has 0 unspecified atom stereocenters. The van der Waals surface area contributed by atoms with E-state index in [9.17, 15) is 0 Å². The van der Waals surface area contributed by atoms with Gasteiger partial charge in [-0.1, -0.05) is 6.92 Å². The number of hydrogen-bond donors (Lipinski definition) is 0. The fourth-order valence-corrected chi connectivity index (χ4v) is 2.74. The van der Waals surface area contributed by atoms with Crippen LogP contribution < -0.4 is 4.90 Å². The first-order chi connectivity index (χ1) is 5.85. The smallest absolute Gasteiger partial charge is 0.115 e. The first-order valence-corrected chi connectivity index (χ1v) is 5.40. The molecular weight excluding hydrogens is 168 g/mol. The number of hydrogen-bond acceptors (Lipinski definition) is 3. The van der Waals surface area contributed by atoms with E-state index in [-0.39, 0.29) is 0 Å². The van der Waals surface area contributed by atoms with Crippen LogP contribution in [-0.4, -0.2) is 18.1 Å². The van der Waals surface area contributed by atoms with Crippen molar-refractivity contribution in [3.63, 3.8) is 0 Å². The van der Waals surface area contributed by atoms with E-state index in [0.717, 1.165) is 19.4 Å². The number of aryl methyl sites for hydroxylation is 1. The lowest BCUT2D eigenvalue weighted by Gasteiger charge is -2.13. The molecule has 0 bridgehead atoms. The highest BCUT2D eigenvalue weighted by Crippen LogP contribution is 2.33. The molecule has 0 saturated carbocycles. The molecule has 2 rings (SSSR count). The molecule has 0 amide bonds. The summed E-state index contributed by atoms with van der Waals surface area (Å²) >= 11 is 1.87. The summed E-state index contributed by atoms with van der Waals surface area (Å²) in [7, 11) is 0. The van der Waals surface area contributed by atoms with E-state index in [4.69, 9.17) is 0 Å². The van der Waals surface area contributed by atoms with Gasteiger partial charge in [0.15, 0.2) is 0 Å². The number of fused-ring (bicyclic) bond motifs is 1.